The van der Waals surface area contributed by atoms with Gasteiger partial charge in [0.15, 0.2) is 23.1 Å². The van der Waals surface area contributed by atoms with Crippen LogP contribution >= 0.6 is 15.9 Å². The molecular weight excluding hydrogens is 502 g/mol. The van der Waals surface area contributed by atoms with Gasteiger partial charge in [-0.25, -0.2) is 0 Å². The van der Waals surface area contributed by atoms with E-state index in [1.807, 2.05) is 24.0 Å². The molecule has 1 aromatic rings. The summed E-state index contributed by atoms with van der Waals surface area (Å²) in [6.45, 7) is 2.83. The van der Waals surface area contributed by atoms with Crippen molar-refractivity contribution in [1.29, 1.82) is 0 Å². The first kappa shape index (κ1) is 24.5. The highest BCUT2D eigenvalue weighted by Gasteiger charge is 2.43. The third kappa shape index (κ3) is 4.52. The van der Waals surface area contributed by atoms with Gasteiger partial charge in [-0.15, -0.1) is 0 Å². The van der Waals surface area contributed by atoms with Crippen LogP contribution in [0.4, 0.5) is 0 Å². The number of aliphatic carboxylic acids is 1. The molecule has 182 valence electrons. The van der Waals surface area contributed by atoms with Crippen molar-refractivity contribution in [2.24, 2.45) is 0 Å². The van der Waals surface area contributed by atoms with Crippen molar-refractivity contribution in [2.45, 2.75) is 64.2 Å². The van der Waals surface area contributed by atoms with Crippen molar-refractivity contribution >= 4 is 33.5 Å². The Hall–Kier alpha value is -2.61. The van der Waals surface area contributed by atoms with Crippen molar-refractivity contribution in [1.82, 2.24) is 4.90 Å². The van der Waals surface area contributed by atoms with Gasteiger partial charge < -0.3 is 19.5 Å². The van der Waals surface area contributed by atoms with Crippen LogP contribution in [-0.4, -0.2) is 47.8 Å². The number of carbonyl (C=O) groups excluding carboxylic acids is 2. The van der Waals surface area contributed by atoms with E-state index in [4.69, 9.17) is 9.47 Å². The third-order valence-electron chi connectivity index (χ3n) is 6.67. The first-order valence-corrected chi connectivity index (χ1v) is 12.7. The molecule has 0 atom stereocenters. The molecule has 0 fully saturated rings. The second-order valence-corrected chi connectivity index (χ2v) is 9.74. The van der Waals surface area contributed by atoms with Crippen LogP contribution < -0.4 is 9.47 Å². The molecule has 34 heavy (non-hydrogen) atoms. The Morgan fingerprint density at radius 2 is 1.71 bits per heavy atom. The van der Waals surface area contributed by atoms with E-state index in [1.165, 1.54) is 0 Å². The van der Waals surface area contributed by atoms with Gasteiger partial charge in [0, 0.05) is 47.8 Å². The van der Waals surface area contributed by atoms with E-state index < -0.39 is 11.9 Å². The summed E-state index contributed by atoms with van der Waals surface area (Å²) in [6, 6.07) is 3.79. The predicted molar refractivity (Wildman–Crippen MR) is 130 cm³/mol. The number of benzene rings is 1. The van der Waals surface area contributed by atoms with E-state index in [-0.39, 0.29) is 24.5 Å². The topological polar surface area (TPSA) is 93.1 Å². The number of carbonyl (C=O) groups is 3. The number of hydrogen-bond donors (Lipinski definition) is 1. The van der Waals surface area contributed by atoms with Crippen LogP contribution in [-0.2, 0) is 14.4 Å². The number of ether oxygens (including phenoxy) is 2. The lowest BCUT2D eigenvalue weighted by Gasteiger charge is -2.44. The molecule has 1 aliphatic heterocycles. The summed E-state index contributed by atoms with van der Waals surface area (Å²) in [5.74, 6) is -0.192. The van der Waals surface area contributed by atoms with Crippen LogP contribution in [0.1, 0.15) is 69.8 Å². The molecule has 0 unspecified atom stereocenters. The van der Waals surface area contributed by atoms with E-state index in [0.29, 0.717) is 59.4 Å². The number of carboxylic acids is 1. The minimum atomic E-state index is -0.896. The molecule has 1 N–H and O–H groups in total. The molecule has 4 rings (SSSR count). The first-order valence-electron chi connectivity index (χ1n) is 11.9. The molecule has 0 amide bonds. The van der Waals surface area contributed by atoms with Crippen molar-refractivity contribution in [2.75, 3.05) is 20.3 Å². The van der Waals surface area contributed by atoms with Crippen LogP contribution in [0.5, 0.6) is 11.5 Å². The normalized spacial score (nSPS) is 18.7. The molecule has 0 spiro atoms. The number of nitrogens with zero attached hydrogens (tertiary/aromatic N) is 1. The van der Waals surface area contributed by atoms with Gasteiger partial charge in [0.2, 0.25) is 0 Å². The van der Waals surface area contributed by atoms with E-state index in [9.17, 15) is 19.5 Å². The summed E-state index contributed by atoms with van der Waals surface area (Å²) in [5.41, 5.74) is 3.80. The zero-order valence-corrected chi connectivity index (χ0v) is 21.2. The van der Waals surface area contributed by atoms with Gasteiger partial charge in [-0.1, -0.05) is 6.92 Å². The maximum Gasteiger partial charge on any atom is 0.305 e. The zero-order chi connectivity index (χ0) is 24.4. The van der Waals surface area contributed by atoms with E-state index in [2.05, 4.69) is 15.9 Å². The highest BCUT2D eigenvalue weighted by Crippen LogP contribution is 2.51. The number of hydrogen-bond acceptors (Lipinski definition) is 6. The van der Waals surface area contributed by atoms with Gasteiger partial charge in [-0.2, -0.15) is 0 Å². The summed E-state index contributed by atoms with van der Waals surface area (Å²) >= 11 is 3.61. The molecule has 8 heteroatoms. The monoisotopic (exact) mass is 531 g/mol. The maximum absolute atomic E-state index is 13.3. The minimum Gasteiger partial charge on any atom is -0.493 e. The molecule has 3 aliphatic rings. The Labute approximate surface area is 207 Å². The predicted octanol–water partition coefficient (Wildman–Crippen LogP) is 5.13. The SMILES string of the molecule is CCCOc1c(Br)cc(C2C3=C(CCCC3=O)N(CCC(=O)O)C3=C2C(=O)CCC3)cc1OC. The lowest BCUT2D eigenvalue weighted by molar-refractivity contribution is -0.137. The second kappa shape index (κ2) is 10.3. The number of methoxy groups -OCH3 is 1. The fourth-order valence-corrected chi connectivity index (χ4v) is 5.85. The Bertz CT molecular complexity index is 1050. The molecule has 0 saturated heterocycles. The Balaban J connectivity index is 1.90. The molecular formula is C26H30BrNO6. The standard InChI is InChI=1S/C26H30BrNO6/c1-3-12-34-26-16(27)13-15(14-21(26)33-2)23-24-17(6-4-8-19(24)29)28(11-10-22(31)32)18-7-5-9-20(30)25(18)23/h13-14,23H,3-12H2,1-2H3,(H,31,32). The number of allylic oxidation sites excluding steroid dienone is 4. The fourth-order valence-electron chi connectivity index (χ4n) is 5.28. The summed E-state index contributed by atoms with van der Waals surface area (Å²) < 4.78 is 12.2. The molecule has 7 nitrogen and oxygen atoms in total. The quantitative estimate of drug-likeness (QED) is 0.496. The van der Waals surface area contributed by atoms with Crippen molar-refractivity contribution in [3.63, 3.8) is 0 Å². The Morgan fingerprint density at radius 3 is 2.24 bits per heavy atom. The van der Waals surface area contributed by atoms with Gasteiger partial charge >= 0.3 is 5.97 Å². The van der Waals surface area contributed by atoms with E-state index in [1.54, 1.807) is 7.11 Å². The Kier molecular flexibility index (Phi) is 7.45. The summed E-state index contributed by atoms with van der Waals surface area (Å²) in [6.07, 6.45) is 4.48. The third-order valence-corrected chi connectivity index (χ3v) is 7.26. The van der Waals surface area contributed by atoms with Crippen LogP contribution in [0.15, 0.2) is 39.1 Å². The van der Waals surface area contributed by atoms with E-state index >= 15 is 0 Å². The minimum absolute atomic E-state index is 0.0258. The first-order chi connectivity index (χ1) is 16.4. The van der Waals surface area contributed by atoms with Crippen LogP contribution in [0.25, 0.3) is 0 Å². The fraction of sp³-hybridized carbons (Fsp3) is 0.500. The smallest absolute Gasteiger partial charge is 0.305 e. The number of carboxylic acid groups (broad SMARTS) is 1. The van der Waals surface area contributed by atoms with Gasteiger partial charge in [0.1, 0.15) is 0 Å². The molecule has 0 radical (unpaired) electrons. The largest absolute Gasteiger partial charge is 0.493 e. The molecule has 2 aliphatic carbocycles. The van der Waals surface area contributed by atoms with Crippen molar-refractivity contribution in [3.8, 4) is 11.5 Å². The zero-order valence-electron chi connectivity index (χ0n) is 19.6. The summed E-state index contributed by atoms with van der Waals surface area (Å²) in [7, 11) is 1.58. The van der Waals surface area contributed by atoms with Crippen molar-refractivity contribution in [3.05, 3.63) is 44.7 Å². The van der Waals surface area contributed by atoms with Crippen LogP contribution in [0.2, 0.25) is 0 Å². The van der Waals surface area contributed by atoms with Crippen LogP contribution in [0, 0.1) is 0 Å². The van der Waals surface area contributed by atoms with Gasteiger partial charge in [0.25, 0.3) is 0 Å². The van der Waals surface area contributed by atoms with Crippen molar-refractivity contribution < 1.29 is 29.0 Å². The van der Waals surface area contributed by atoms with E-state index in [0.717, 1.165) is 36.2 Å². The van der Waals surface area contributed by atoms with Gasteiger partial charge in [-0.05, 0) is 65.7 Å². The molecule has 1 aromatic carbocycles. The average Bonchev–Trinajstić information content (AvgIpc) is 2.81. The molecule has 0 aromatic heterocycles. The average molecular weight is 532 g/mol. The highest BCUT2D eigenvalue weighted by molar-refractivity contribution is 9.10. The number of Topliss-reactive ketones (excluding diaryl/α,β-unsaturated/α-hetero) is 2. The van der Waals surface area contributed by atoms with Gasteiger partial charge in [-0.3, -0.25) is 14.4 Å². The number of ketones is 2. The Morgan fingerprint density at radius 1 is 1.09 bits per heavy atom. The van der Waals surface area contributed by atoms with Crippen LogP contribution in [0.3, 0.4) is 0 Å². The number of halogens is 1. The molecule has 0 saturated carbocycles. The van der Waals surface area contributed by atoms with Gasteiger partial charge in [0.05, 0.1) is 24.6 Å². The molecule has 0 bridgehead atoms. The second-order valence-electron chi connectivity index (χ2n) is 8.89. The highest BCUT2D eigenvalue weighted by atomic mass is 79.9. The molecule has 1 heterocycles. The maximum atomic E-state index is 13.3. The summed E-state index contributed by atoms with van der Waals surface area (Å²) in [4.78, 5) is 40.0. The number of rotatable bonds is 8. The lowest BCUT2D eigenvalue weighted by atomic mass is 9.71. The summed E-state index contributed by atoms with van der Waals surface area (Å²) in [5, 5.41) is 9.32. The lowest BCUT2D eigenvalue weighted by Crippen LogP contribution is -2.39.